The summed E-state index contributed by atoms with van der Waals surface area (Å²) in [6.45, 7) is 0. The number of benzene rings is 1. The van der Waals surface area contributed by atoms with Crippen LogP contribution in [0.4, 0.5) is 17.5 Å². The highest BCUT2D eigenvalue weighted by Crippen LogP contribution is 2.28. The summed E-state index contributed by atoms with van der Waals surface area (Å²) in [4.78, 5) is 16.3. The fourth-order valence-corrected chi connectivity index (χ4v) is 3.72. The maximum atomic E-state index is 11.8. The Kier molecular flexibility index (Phi) is 4.82. The Morgan fingerprint density at radius 3 is 2.89 bits per heavy atom. The molecule has 1 amide bonds. The summed E-state index contributed by atoms with van der Waals surface area (Å²) in [5, 5.41) is 15.5. The van der Waals surface area contributed by atoms with Crippen LogP contribution in [-0.2, 0) is 7.05 Å². The molecule has 1 aromatic carbocycles. The number of aromatic nitrogens is 4. The first-order valence-electron chi connectivity index (χ1n) is 9.39. The number of rotatable bonds is 5. The molecule has 0 saturated heterocycles. The largest absolute Gasteiger partial charge is 0.364 e. The van der Waals surface area contributed by atoms with E-state index in [9.17, 15) is 4.79 Å². The van der Waals surface area contributed by atoms with Gasteiger partial charge in [0.05, 0.1) is 0 Å². The lowest BCUT2D eigenvalue weighted by molar-refractivity contribution is 0.0995. The van der Waals surface area contributed by atoms with Crippen molar-refractivity contribution < 1.29 is 4.79 Å². The fraction of sp³-hybridized carbons (Fsp3) is 0.368. The molecule has 9 heteroatoms. The number of hydrogen-bond acceptors (Lipinski definition) is 7. The molecule has 6 N–H and O–H groups in total. The van der Waals surface area contributed by atoms with Crippen LogP contribution in [0.1, 0.15) is 36.2 Å². The molecule has 9 nitrogen and oxygen atoms in total. The van der Waals surface area contributed by atoms with Crippen molar-refractivity contribution in [1.82, 2.24) is 19.7 Å². The van der Waals surface area contributed by atoms with Gasteiger partial charge in [-0.2, -0.15) is 4.98 Å². The van der Waals surface area contributed by atoms with Crippen molar-refractivity contribution in [2.24, 2.45) is 18.5 Å². The second-order valence-corrected chi connectivity index (χ2v) is 7.25. The summed E-state index contributed by atoms with van der Waals surface area (Å²) in [7, 11) is 1.98. The molecule has 146 valence electrons. The average Bonchev–Trinajstić information content (AvgIpc) is 3.04. The van der Waals surface area contributed by atoms with Crippen molar-refractivity contribution >= 4 is 34.3 Å². The third-order valence-corrected chi connectivity index (χ3v) is 5.15. The van der Waals surface area contributed by atoms with Crippen LogP contribution < -0.4 is 22.1 Å². The summed E-state index contributed by atoms with van der Waals surface area (Å²) >= 11 is 0. The first-order valence-corrected chi connectivity index (χ1v) is 9.39. The van der Waals surface area contributed by atoms with E-state index in [0.29, 0.717) is 5.95 Å². The molecule has 1 saturated carbocycles. The van der Waals surface area contributed by atoms with E-state index >= 15 is 0 Å². The van der Waals surface area contributed by atoms with Gasteiger partial charge in [-0.3, -0.25) is 4.79 Å². The van der Waals surface area contributed by atoms with Crippen LogP contribution in [0.3, 0.4) is 0 Å². The van der Waals surface area contributed by atoms with E-state index in [1.807, 2.05) is 42.1 Å². The van der Waals surface area contributed by atoms with Crippen molar-refractivity contribution in [3.05, 3.63) is 36.2 Å². The number of fused-ring (bicyclic) bond motifs is 1. The molecule has 2 atom stereocenters. The van der Waals surface area contributed by atoms with Crippen LogP contribution in [0, 0.1) is 0 Å². The number of primary amides is 1. The Bertz CT molecular complexity index is 1010. The lowest BCUT2D eigenvalue weighted by Crippen LogP contribution is -2.35. The van der Waals surface area contributed by atoms with Gasteiger partial charge in [0.1, 0.15) is 0 Å². The third kappa shape index (κ3) is 3.61. The Balaban J connectivity index is 1.65. The van der Waals surface area contributed by atoms with Gasteiger partial charge in [0.25, 0.3) is 5.91 Å². The van der Waals surface area contributed by atoms with E-state index in [2.05, 4.69) is 25.8 Å². The van der Waals surface area contributed by atoms with E-state index in [4.69, 9.17) is 11.5 Å². The maximum Gasteiger partial charge on any atom is 0.273 e. The molecule has 2 heterocycles. The van der Waals surface area contributed by atoms with Gasteiger partial charge >= 0.3 is 0 Å². The van der Waals surface area contributed by atoms with Gasteiger partial charge in [-0.05, 0) is 43.9 Å². The lowest BCUT2D eigenvalue weighted by Gasteiger charge is -2.27. The zero-order valence-corrected chi connectivity index (χ0v) is 15.7. The third-order valence-electron chi connectivity index (χ3n) is 5.15. The highest BCUT2D eigenvalue weighted by Gasteiger charge is 2.21. The summed E-state index contributed by atoms with van der Waals surface area (Å²) in [6.07, 6.45) is 5.93. The molecule has 28 heavy (non-hydrogen) atoms. The Hall–Kier alpha value is -3.20. The molecule has 4 rings (SSSR count). The Morgan fingerprint density at radius 2 is 2.11 bits per heavy atom. The van der Waals surface area contributed by atoms with Crippen LogP contribution in [0.25, 0.3) is 10.9 Å². The quantitative estimate of drug-likeness (QED) is 0.530. The molecule has 0 radical (unpaired) electrons. The second-order valence-electron chi connectivity index (χ2n) is 7.25. The predicted molar refractivity (Wildman–Crippen MR) is 108 cm³/mol. The monoisotopic (exact) mass is 380 g/mol. The van der Waals surface area contributed by atoms with Crippen molar-refractivity contribution in [3.63, 3.8) is 0 Å². The SMILES string of the molecule is Cn1ccc2c(Nc3nc(NC4CCCC(N)C4)nnc3C(N)=O)cccc21. The first kappa shape index (κ1) is 18.2. The first-order chi connectivity index (χ1) is 13.5. The molecule has 2 aromatic heterocycles. The van der Waals surface area contributed by atoms with Crippen LogP contribution in [0.5, 0.6) is 0 Å². The van der Waals surface area contributed by atoms with Gasteiger partial charge in [-0.15, -0.1) is 10.2 Å². The van der Waals surface area contributed by atoms with Crippen molar-refractivity contribution in [3.8, 4) is 0 Å². The molecule has 2 unspecified atom stereocenters. The standard InChI is InChI=1S/C19H24N8O/c1-27-9-8-13-14(6-3-7-15(13)27)23-18-16(17(21)28)25-26-19(24-18)22-12-5-2-4-11(20)10-12/h3,6-9,11-12H,2,4-5,10,20H2,1H3,(H2,21,28)(H2,22,23,24,26). The molecule has 1 aliphatic rings. The van der Waals surface area contributed by atoms with E-state index in [-0.39, 0.29) is 23.6 Å². The number of amides is 1. The van der Waals surface area contributed by atoms with Crippen LogP contribution >= 0.6 is 0 Å². The zero-order chi connectivity index (χ0) is 19.7. The maximum absolute atomic E-state index is 11.8. The van der Waals surface area contributed by atoms with E-state index in [0.717, 1.165) is 42.3 Å². The van der Waals surface area contributed by atoms with Crippen molar-refractivity contribution in [2.75, 3.05) is 10.6 Å². The average molecular weight is 380 g/mol. The fourth-order valence-electron chi connectivity index (χ4n) is 3.72. The van der Waals surface area contributed by atoms with Gasteiger partial charge in [0, 0.05) is 41.9 Å². The van der Waals surface area contributed by atoms with E-state index in [1.54, 1.807) is 0 Å². The number of nitrogens with zero attached hydrogens (tertiary/aromatic N) is 4. The van der Waals surface area contributed by atoms with Crippen molar-refractivity contribution in [1.29, 1.82) is 0 Å². The summed E-state index contributed by atoms with van der Waals surface area (Å²) in [6, 6.07) is 8.24. The normalized spacial score (nSPS) is 19.5. The highest BCUT2D eigenvalue weighted by molar-refractivity contribution is 5.99. The van der Waals surface area contributed by atoms with Crippen LogP contribution in [0.15, 0.2) is 30.5 Å². The van der Waals surface area contributed by atoms with Gasteiger partial charge in [-0.25, -0.2) is 0 Å². The predicted octanol–water partition coefficient (Wildman–Crippen LogP) is 1.89. The number of carbonyl (C=O) groups is 1. The van der Waals surface area contributed by atoms with Gasteiger partial charge in [0.2, 0.25) is 5.95 Å². The number of carbonyl (C=O) groups excluding carboxylic acids is 1. The Morgan fingerprint density at radius 1 is 1.25 bits per heavy atom. The minimum absolute atomic E-state index is 0.00108. The second kappa shape index (κ2) is 7.43. The van der Waals surface area contributed by atoms with Gasteiger partial charge in [0.15, 0.2) is 11.5 Å². The minimum Gasteiger partial charge on any atom is -0.364 e. The summed E-state index contributed by atoms with van der Waals surface area (Å²) in [5.74, 6) is -0.0535. The minimum atomic E-state index is -0.686. The number of anilines is 3. The molecular formula is C19H24N8O. The Labute approximate surface area is 162 Å². The number of nitrogens with two attached hydrogens (primary N) is 2. The molecule has 0 spiro atoms. The highest BCUT2D eigenvalue weighted by atomic mass is 16.1. The molecule has 3 aromatic rings. The van der Waals surface area contributed by atoms with Gasteiger partial charge < -0.3 is 26.7 Å². The summed E-state index contributed by atoms with van der Waals surface area (Å²) < 4.78 is 2.02. The van der Waals surface area contributed by atoms with Gasteiger partial charge in [-0.1, -0.05) is 6.07 Å². The molecule has 0 bridgehead atoms. The molecule has 0 aliphatic heterocycles. The van der Waals surface area contributed by atoms with Crippen LogP contribution in [0.2, 0.25) is 0 Å². The molecule has 1 fully saturated rings. The van der Waals surface area contributed by atoms with E-state index < -0.39 is 5.91 Å². The molecular weight excluding hydrogens is 356 g/mol. The van der Waals surface area contributed by atoms with Crippen LogP contribution in [-0.4, -0.2) is 37.7 Å². The number of aryl methyl sites for hydroxylation is 1. The number of hydrogen-bond donors (Lipinski definition) is 4. The zero-order valence-electron chi connectivity index (χ0n) is 15.7. The smallest absolute Gasteiger partial charge is 0.273 e. The molecule has 1 aliphatic carbocycles. The summed E-state index contributed by atoms with van der Waals surface area (Å²) in [5.41, 5.74) is 13.4. The number of nitrogens with one attached hydrogen (secondary N) is 2. The lowest BCUT2D eigenvalue weighted by atomic mass is 9.92. The van der Waals surface area contributed by atoms with E-state index in [1.165, 1.54) is 0 Å². The topological polar surface area (TPSA) is 137 Å². The van der Waals surface area contributed by atoms with Crippen molar-refractivity contribution in [2.45, 2.75) is 37.8 Å².